The Kier molecular flexibility index (Phi) is 5.08. The summed E-state index contributed by atoms with van der Waals surface area (Å²) in [7, 11) is -3.32. The second-order valence-electron chi connectivity index (χ2n) is 3.49. The smallest absolute Gasteiger partial charge is 0.233 e. The molecule has 0 atom stereocenters. The number of aryl methyl sites for hydroxylation is 1. The number of alkyl halides is 1. The van der Waals surface area contributed by atoms with Gasteiger partial charge < -0.3 is 0 Å². The summed E-state index contributed by atoms with van der Waals surface area (Å²) in [5, 5.41) is 6.66. The second-order valence-corrected chi connectivity index (χ2v) is 5.71. The number of aromatic nitrogens is 2. The molecule has 1 heterocycles. The van der Waals surface area contributed by atoms with E-state index < -0.39 is 10.0 Å². The Morgan fingerprint density at radius 2 is 2.31 bits per heavy atom. The van der Waals surface area contributed by atoms with Gasteiger partial charge in [0.2, 0.25) is 10.0 Å². The Hall–Kier alpha value is -0.750. The van der Waals surface area contributed by atoms with Gasteiger partial charge in [0.05, 0.1) is 5.75 Å². The van der Waals surface area contributed by atoms with E-state index in [1.807, 2.05) is 6.92 Å². The highest BCUT2D eigenvalue weighted by molar-refractivity contribution is 7.92. The van der Waals surface area contributed by atoms with Crippen LogP contribution in [0, 0.1) is 0 Å². The molecule has 1 aromatic heterocycles. The van der Waals surface area contributed by atoms with Gasteiger partial charge in [-0.15, -0.1) is 11.6 Å². The van der Waals surface area contributed by atoms with Crippen LogP contribution < -0.4 is 4.72 Å². The van der Waals surface area contributed by atoms with E-state index in [1.165, 1.54) is 0 Å². The lowest BCUT2D eigenvalue weighted by Gasteiger charge is -2.02. The van der Waals surface area contributed by atoms with Crippen molar-refractivity contribution in [3.05, 3.63) is 11.8 Å². The van der Waals surface area contributed by atoms with Crippen molar-refractivity contribution in [1.29, 1.82) is 0 Å². The molecule has 0 amide bonds. The van der Waals surface area contributed by atoms with E-state index in [4.69, 9.17) is 11.6 Å². The summed E-state index contributed by atoms with van der Waals surface area (Å²) in [6, 6.07) is 1.71. The Morgan fingerprint density at radius 1 is 1.56 bits per heavy atom. The maximum atomic E-state index is 11.5. The highest BCUT2D eigenvalue weighted by Crippen LogP contribution is 2.09. The lowest BCUT2D eigenvalue weighted by atomic mass is 10.2. The molecule has 0 saturated heterocycles. The summed E-state index contributed by atoms with van der Waals surface area (Å²) in [6.45, 7) is 2.05. The van der Waals surface area contributed by atoms with Crippen LogP contribution in [0.25, 0.3) is 0 Å². The molecule has 0 aliphatic heterocycles. The molecular formula is C9H16ClN3O2S. The van der Waals surface area contributed by atoms with Crippen molar-refractivity contribution in [2.45, 2.75) is 26.2 Å². The van der Waals surface area contributed by atoms with Crippen LogP contribution in [-0.2, 0) is 16.4 Å². The summed E-state index contributed by atoms with van der Waals surface area (Å²) < 4.78 is 25.4. The molecule has 2 N–H and O–H groups in total. The SMILES string of the molecule is CCCc1cc(NS(=O)(=O)CCCCl)n[nH]1. The number of hydrogen-bond donors (Lipinski definition) is 2. The van der Waals surface area contributed by atoms with E-state index in [0.29, 0.717) is 18.1 Å². The van der Waals surface area contributed by atoms with E-state index in [2.05, 4.69) is 14.9 Å². The van der Waals surface area contributed by atoms with Crippen LogP contribution in [0.3, 0.4) is 0 Å². The highest BCUT2D eigenvalue weighted by Gasteiger charge is 2.11. The number of sulfonamides is 1. The lowest BCUT2D eigenvalue weighted by Crippen LogP contribution is -2.17. The molecule has 0 unspecified atom stereocenters. The molecule has 1 aromatic rings. The first-order chi connectivity index (χ1) is 7.57. The summed E-state index contributed by atoms with van der Waals surface area (Å²) in [5.41, 5.74) is 0.928. The summed E-state index contributed by atoms with van der Waals surface area (Å²) in [6.07, 6.45) is 2.28. The normalized spacial score (nSPS) is 11.6. The first-order valence-corrected chi connectivity index (χ1v) is 7.37. The molecule has 0 fully saturated rings. The topological polar surface area (TPSA) is 74.8 Å². The zero-order valence-corrected chi connectivity index (χ0v) is 10.7. The summed E-state index contributed by atoms with van der Waals surface area (Å²) in [4.78, 5) is 0. The highest BCUT2D eigenvalue weighted by atomic mass is 35.5. The zero-order valence-electron chi connectivity index (χ0n) is 9.16. The molecule has 5 nitrogen and oxygen atoms in total. The molecule has 0 bridgehead atoms. The first-order valence-electron chi connectivity index (χ1n) is 5.18. The average molecular weight is 266 g/mol. The van der Waals surface area contributed by atoms with Crippen LogP contribution in [0.2, 0.25) is 0 Å². The number of hydrogen-bond acceptors (Lipinski definition) is 3. The van der Waals surface area contributed by atoms with Gasteiger partial charge in [-0.1, -0.05) is 13.3 Å². The van der Waals surface area contributed by atoms with Gasteiger partial charge in [0.15, 0.2) is 5.82 Å². The zero-order chi connectivity index (χ0) is 12.0. The Bertz CT molecular complexity index is 416. The number of aromatic amines is 1. The standard InChI is InChI=1S/C9H16ClN3O2S/c1-2-4-8-7-9(12-11-8)13-16(14,15)6-3-5-10/h7H,2-6H2,1H3,(H2,11,12,13). The molecule has 0 spiro atoms. The minimum Gasteiger partial charge on any atom is -0.280 e. The molecule has 0 aliphatic carbocycles. The molecule has 92 valence electrons. The lowest BCUT2D eigenvalue weighted by molar-refractivity contribution is 0.600. The fraction of sp³-hybridized carbons (Fsp3) is 0.667. The number of halogens is 1. The third-order valence-electron chi connectivity index (χ3n) is 1.96. The van der Waals surface area contributed by atoms with Crippen LogP contribution in [0.4, 0.5) is 5.82 Å². The van der Waals surface area contributed by atoms with Crippen molar-refractivity contribution in [2.24, 2.45) is 0 Å². The van der Waals surface area contributed by atoms with E-state index in [-0.39, 0.29) is 5.75 Å². The molecular weight excluding hydrogens is 250 g/mol. The molecule has 1 rings (SSSR count). The third kappa shape index (κ3) is 4.40. The number of anilines is 1. The molecule has 0 radical (unpaired) electrons. The van der Waals surface area contributed by atoms with E-state index in [9.17, 15) is 8.42 Å². The van der Waals surface area contributed by atoms with E-state index >= 15 is 0 Å². The van der Waals surface area contributed by atoms with Gasteiger partial charge in [0.1, 0.15) is 0 Å². The number of nitrogens with zero attached hydrogens (tertiary/aromatic N) is 1. The van der Waals surface area contributed by atoms with Crippen molar-refractivity contribution < 1.29 is 8.42 Å². The van der Waals surface area contributed by atoms with Gasteiger partial charge in [0.25, 0.3) is 0 Å². The largest absolute Gasteiger partial charge is 0.280 e. The van der Waals surface area contributed by atoms with Crippen molar-refractivity contribution >= 4 is 27.4 Å². The third-order valence-corrected chi connectivity index (χ3v) is 3.57. The maximum Gasteiger partial charge on any atom is 0.233 e. The maximum absolute atomic E-state index is 11.5. The predicted molar refractivity (Wildman–Crippen MR) is 65.3 cm³/mol. The summed E-state index contributed by atoms with van der Waals surface area (Å²) in [5.74, 6) is 0.702. The minimum atomic E-state index is -3.32. The average Bonchev–Trinajstić information content (AvgIpc) is 2.62. The van der Waals surface area contributed by atoms with Gasteiger partial charge >= 0.3 is 0 Å². The Morgan fingerprint density at radius 3 is 2.94 bits per heavy atom. The fourth-order valence-electron chi connectivity index (χ4n) is 1.27. The van der Waals surface area contributed by atoms with Gasteiger partial charge in [-0.05, 0) is 12.8 Å². The quantitative estimate of drug-likeness (QED) is 0.738. The number of H-pyrrole nitrogens is 1. The Labute approximate surface area is 101 Å². The van der Waals surface area contributed by atoms with Crippen molar-refractivity contribution in [1.82, 2.24) is 10.2 Å². The van der Waals surface area contributed by atoms with Crippen LogP contribution in [0.1, 0.15) is 25.5 Å². The fourth-order valence-corrected chi connectivity index (χ4v) is 2.61. The molecule has 7 heteroatoms. The van der Waals surface area contributed by atoms with E-state index in [0.717, 1.165) is 18.5 Å². The van der Waals surface area contributed by atoms with Gasteiger partial charge in [-0.25, -0.2) is 8.42 Å². The molecule has 0 saturated carbocycles. The molecule has 16 heavy (non-hydrogen) atoms. The molecule has 0 aromatic carbocycles. The van der Waals surface area contributed by atoms with Gasteiger partial charge in [0, 0.05) is 17.6 Å². The van der Waals surface area contributed by atoms with Crippen molar-refractivity contribution in [2.75, 3.05) is 16.4 Å². The number of nitrogens with one attached hydrogen (secondary N) is 2. The van der Waals surface area contributed by atoms with Crippen LogP contribution in [-0.4, -0.2) is 30.2 Å². The van der Waals surface area contributed by atoms with Gasteiger partial charge in [-0.2, -0.15) is 5.10 Å². The van der Waals surface area contributed by atoms with Crippen LogP contribution >= 0.6 is 11.6 Å². The predicted octanol–water partition coefficient (Wildman–Crippen LogP) is 1.73. The monoisotopic (exact) mass is 265 g/mol. The van der Waals surface area contributed by atoms with Gasteiger partial charge in [-0.3, -0.25) is 9.82 Å². The first kappa shape index (κ1) is 13.3. The van der Waals surface area contributed by atoms with Crippen molar-refractivity contribution in [3.8, 4) is 0 Å². The Balaban J connectivity index is 2.58. The summed E-state index contributed by atoms with van der Waals surface area (Å²) >= 11 is 5.44. The number of rotatable bonds is 7. The minimum absolute atomic E-state index is 0.0203. The molecule has 0 aliphatic rings. The van der Waals surface area contributed by atoms with Crippen LogP contribution in [0.5, 0.6) is 0 Å². The van der Waals surface area contributed by atoms with Crippen LogP contribution in [0.15, 0.2) is 6.07 Å². The van der Waals surface area contributed by atoms with E-state index in [1.54, 1.807) is 6.07 Å². The second kappa shape index (κ2) is 6.10. The van der Waals surface area contributed by atoms with Crippen molar-refractivity contribution in [3.63, 3.8) is 0 Å².